The zero-order valence-corrected chi connectivity index (χ0v) is 14.1. The highest BCUT2D eigenvalue weighted by molar-refractivity contribution is 5.81. The van der Waals surface area contributed by atoms with Gasteiger partial charge in [-0.25, -0.2) is 0 Å². The molecule has 1 aliphatic heterocycles. The molecule has 0 aliphatic carbocycles. The minimum atomic E-state index is -0.114. The van der Waals surface area contributed by atoms with Crippen molar-refractivity contribution >= 4 is 5.91 Å². The van der Waals surface area contributed by atoms with Crippen LogP contribution in [0.15, 0.2) is 30.3 Å². The molecule has 0 spiro atoms. The third kappa shape index (κ3) is 4.55. The monoisotopic (exact) mass is 304 g/mol. The number of nitrogens with zero attached hydrogens (tertiary/aromatic N) is 1. The number of carbonyl (C=O) groups excluding carboxylic acids is 1. The molecular weight excluding hydrogens is 276 g/mol. The molecule has 122 valence electrons. The Labute approximate surface area is 133 Å². The fraction of sp³-hybridized carbons (Fsp3) is 0.611. The van der Waals surface area contributed by atoms with Gasteiger partial charge in [0, 0.05) is 19.6 Å². The molecule has 2 rings (SSSR count). The summed E-state index contributed by atoms with van der Waals surface area (Å²) in [6.07, 6.45) is 0.365. The van der Waals surface area contributed by atoms with Crippen LogP contribution in [0.3, 0.4) is 0 Å². The first-order valence-corrected chi connectivity index (χ1v) is 8.19. The van der Waals surface area contributed by atoms with Crippen LogP contribution in [0.4, 0.5) is 0 Å². The lowest BCUT2D eigenvalue weighted by Crippen LogP contribution is -2.54. The standard InChI is InChI=1S/C18H28N2O2/c1-13(17-8-6-5-7-9-17)10-19-18(21)16(4)20-11-14(2)22-15(3)12-20/h5-9,13-16H,10-12H2,1-4H3,(H,19,21)/t13-,14-,15-,16+/m1/s1. The Balaban J connectivity index is 1.84. The predicted molar refractivity (Wildman–Crippen MR) is 88.9 cm³/mol. The molecule has 1 aromatic carbocycles. The third-order valence-corrected chi connectivity index (χ3v) is 4.33. The SMILES string of the molecule is C[C@@H]1CN([C@@H](C)C(=O)NC[C@@H](C)c2ccccc2)C[C@@H](C)O1. The lowest BCUT2D eigenvalue weighted by atomic mass is 10.0. The van der Waals surface area contributed by atoms with Gasteiger partial charge in [-0.3, -0.25) is 9.69 Å². The Morgan fingerprint density at radius 2 is 1.82 bits per heavy atom. The highest BCUT2D eigenvalue weighted by Crippen LogP contribution is 2.15. The summed E-state index contributed by atoms with van der Waals surface area (Å²) >= 11 is 0. The molecule has 1 saturated heterocycles. The summed E-state index contributed by atoms with van der Waals surface area (Å²) in [6, 6.07) is 10.2. The van der Waals surface area contributed by atoms with E-state index in [1.54, 1.807) is 0 Å². The van der Waals surface area contributed by atoms with Gasteiger partial charge in [0.15, 0.2) is 0 Å². The van der Waals surface area contributed by atoms with Gasteiger partial charge in [0.05, 0.1) is 18.2 Å². The molecule has 1 amide bonds. The molecule has 0 unspecified atom stereocenters. The largest absolute Gasteiger partial charge is 0.373 e. The number of amides is 1. The quantitative estimate of drug-likeness (QED) is 0.908. The fourth-order valence-corrected chi connectivity index (χ4v) is 3.00. The second-order valence-electron chi connectivity index (χ2n) is 6.44. The molecule has 0 bridgehead atoms. The first-order chi connectivity index (χ1) is 10.5. The van der Waals surface area contributed by atoms with Crippen molar-refractivity contribution in [2.75, 3.05) is 19.6 Å². The summed E-state index contributed by atoms with van der Waals surface area (Å²) in [4.78, 5) is 14.6. The van der Waals surface area contributed by atoms with E-state index in [1.807, 2.05) is 25.1 Å². The molecule has 0 saturated carbocycles. The van der Waals surface area contributed by atoms with Gasteiger partial charge in [-0.05, 0) is 32.3 Å². The summed E-state index contributed by atoms with van der Waals surface area (Å²) < 4.78 is 5.73. The van der Waals surface area contributed by atoms with Crippen molar-refractivity contribution in [3.05, 3.63) is 35.9 Å². The lowest BCUT2D eigenvalue weighted by Gasteiger charge is -2.38. The van der Waals surface area contributed by atoms with E-state index in [2.05, 4.69) is 43.1 Å². The minimum absolute atomic E-state index is 0.101. The molecule has 4 atom stereocenters. The molecule has 1 aliphatic rings. The minimum Gasteiger partial charge on any atom is -0.373 e. The van der Waals surface area contributed by atoms with Crippen LogP contribution in [-0.2, 0) is 9.53 Å². The molecule has 1 aromatic rings. The van der Waals surface area contributed by atoms with Crippen LogP contribution >= 0.6 is 0 Å². The van der Waals surface area contributed by atoms with Crippen LogP contribution in [0.25, 0.3) is 0 Å². The van der Waals surface area contributed by atoms with Gasteiger partial charge in [-0.15, -0.1) is 0 Å². The van der Waals surface area contributed by atoms with Crippen LogP contribution in [0.5, 0.6) is 0 Å². The summed E-state index contributed by atoms with van der Waals surface area (Å²) in [5, 5.41) is 3.09. The van der Waals surface area contributed by atoms with Crippen LogP contribution in [0, 0.1) is 0 Å². The van der Waals surface area contributed by atoms with Crippen LogP contribution < -0.4 is 5.32 Å². The van der Waals surface area contributed by atoms with E-state index in [1.165, 1.54) is 5.56 Å². The van der Waals surface area contributed by atoms with Crippen LogP contribution in [0.2, 0.25) is 0 Å². The number of rotatable bonds is 5. The number of hydrogen-bond acceptors (Lipinski definition) is 3. The van der Waals surface area contributed by atoms with Gasteiger partial charge in [-0.1, -0.05) is 37.3 Å². The van der Waals surface area contributed by atoms with E-state index in [0.29, 0.717) is 12.5 Å². The van der Waals surface area contributed by atoms with Crippen molar-refractivity contribution in [1.29, 1.82) is 0 Å². The zero-order chi connectivity index (χ0) is 16.1. The molecule has 4 heteroatoms. The Bertz CT molecular complexity index is 467. The lowest BCUT2D eigenvalue weighted by molar-refractivity contribution is -0.131. The summed E-state index contributed by atoms with van der Waals surface area (Å²) in [5.74, 6) is 0.420. The Morgan fingerprint density at radius 1 is 1.23 bits per heavy atom. The predicted octanol–water partition coefficient (Wildman–Crippen LogP) is 2.40. The maximum Gasteiger partial charge on any atom is 0.237 e. The van der Waals surface area contributed by atoms with E-state index < -0.39 is 0 Å². The highest BCUT2D eigenvalue weighted by atomic mass is 16.5. The smallest absolute Gasteiger partial charge is 0.237 e. The molecule has 1 heterocycles. The molecule has 0 aromatic heterocycles. The van der Waals surface area contributed by atoms with Crippen LogP contribution in [-0.4, -0.2) is 48.7 Å². The Morgan fingerprint density at radius 3 is 2.41 bits per heavy atom. The summed E-state index contributed by atoms with van der Waals surface area (Å²) in [6.45, 7) is 10.5. The zero-order valence-electron chi connectivity index (χ0n) is 14.1. The second kappa shape index (κ2) is 7.75. The van der Waals surface area contributed by atoms with E-state index in [4.69, 9.17) is 4.74 Å². The van der Waals surface area contributed by atoms with Gasteiger partial charge < -0.3 is 10.1 Å². The number of benzene rings is 1. The molecule has 1 fully saturated rings. The maximum absolute atomic E-state index is 12.4. The molecule has 1 N–H and O–H groups in total. The van der Waals surface area contributed by atoms with Crippen molar-refractivity contribution in [2.24, 2.45) is 0 Å². The van der Waals surface area contributed by atoms with Crippen molar-refractivity contribution < 1.29 is 9.53 Å². The number of ether oxygens (including phenoxy) is 1. The topological polar surface area (TPSA) is 41.6 Å². The molecule has 22 heavy (non-hydrogen) atoms. The fourth-order valence-electron chi connectivity index (χ4n) is 3.00. The average molecular weight is 304 g/mol. The Hall–Kier alpha value is -1.39. The van der Waals surface area contributed by atoms with Crippen molar-refractivity contribution in [3.8, 4) is 0 Å². The Kier molecular flexibility index (Phi) is 5.98. The average Bonchev–Trinajstić information content (AvgIpc) is 2.51. The summed E-state index contributed by atoms with van der Waals surface area (Å²) in [5.41, 5.74) is 1.25. The van der Waals surface area contributed by atoms with Gasteiger partial charge in [0.2, 0.25) is 5.91 Å². The number of nitrogens with one attached hydrogen (secondary N) is 1. The maximum atomic E-state index is 12.4. The number of carbonyl (C=O) groups is 1. The van der Waals surface area contributed by atoms with Gasteiger partial charge in [0.25, 0.3) is 0 Å². The normalized spacial score (nSPS) is 25.5. The van der Waals surface area contributed by atoms with Gasteiger partial charge in [-0.2, -0.15) is 0 Å². The highest BCUT2D eigenvalue weighted by Gasteiger charge is 2.29. The van der Waals surface area contributed by atoms with E-state index in [9.17, 15) is 4.79 Å². The van der Waals surface area contributed by atoms with Crippen molar-refractivity contribution in [3.63, 3.8) is 0 Å². The van der Waals surface area contributed by atoms with E-state index >= 15 is 0 Å². The summed E-state index contributed by atoms with van der Waals surface area (Å²) in [7, 11) is 0. The van der Waals surface area contributed by atoms with E-state index in [-0.39, 0.29) is 24.2 Å². The van der Waals surface area contributed by atoms with Crippen molar-refractivity contribution in [1.82, 2.24) is 10.2 Å². The number of morpholine rings is 1. The molecule has 4 nitrogen and oxygen atoms in total. The van der Waals surface area contributed by atoms with Crippen molar-refractivity contribution in [2.45, 2.75) is 51.9 Å². The van der Waals surface area contributed by atoms with E-state index in [0.717, 1.165) is 13.1 Å². The number of hydrogen-bond donors (Lipinski definition) is 1. The van der Waals surface area contributed by atoms with Gasteiger partial charge >= 0.3 is 0 Å². The molecule has 0 radical (unpaired) electrons. The second-order valence-corrected chi connectivity index (χ2v) is 6.44. The van der Waals surface area contributed by atoms with Crippen LogP contribution in [0.1, 0.15) is 39.2 Å². The van der Waals surface area contributed by atoms with Gasteiger partial charge in [0.1, 0.15) is 0 Å². The first-order valence-electron chi connectivity index (χ1n) is 8.19. The third-order valence-electron chi connectivity index (χ3n) is 4.33. The first kappa shape index (κ1) is 17.0. The molecular formula is C18H28N2O2.